The second-order valence-corrected chi connectivity index (χ2v) is 10.3. The number of benzene rings is 1. The molecule has 0 saturated heterocycles. The van der Waals surface area contributed by atoms with Gasteiger partial charge in [-0.15, -0.1) is 0 Å². The number of hydrogen-bond acceptors (Lipinski definition) is 3. The maximum atomic E-state index is 13.1. The minimum atomic E-state index is -0.0721. The average Bonchev–Trinajstić information content (AvgIpc) is 3.38. The van der Waals surface area contributed by atoms with Crippen LogP contribution in [-0.4, -0.2) is 5.78 Å². The Hall–Kier alpha value is -2.29. The molecule has 1 heterocycles. The summed E-state index contributed by atoms with van der Waals surface area (Å²) in [5.74, 6) is 5.13. The van der Waals surface area contributed by atoms with Gasteiger partial charge in [-0.05, 0) is 123 Å². The SMILES string of the molecule is O=C(/C=C/c1ccc(COc2ccc3c(c2)CCC3)o1)C12CC3CC(CC(C3)C1)C2. The maximum Gasteiger partial charge on any atom is 0.161 e. The zero-order valence-corrected chi connectivity index (χ0v) is 17.6. The van der Waals surface area contributed by atoms with Crippen LogP contribution in [0.2, 0.25) is 0 Å². The molecule has 5 aliphatic carbocycles. The highest BCUT2D eigenvalue weighted by molar-refractivity contribution is 5.98. The molecule has 7 rings (SSSR count). The zero-order chi connectivity index (χ0) is 20.1. The summed E-state index contributed by atoms with van der Waals surface area (Å²) in [6.07, 6.45) is 14.7. The lowest BCUT2D eigenvalue weighted by atomic mass is 9.48. The van der Waals surface area contributed by atoms with Gasteiger partial charge in [0.1, 0.15) is 23.9 Å². The van der Waals surface area contributed by atoms with E-state index in [0.717, 1.165) is 60.7 Å². The number of carbonyl (C=O) groups is 1. The lowest BCUT2D eigenvalue weighted by Gasteiger charge is -2.55. The van der Waals surface area contributed by atoms with Gasteiger partial charge >= 0.3 is 0 Å². The lowest BCUT2D eigenvalue weighted by Crippen LogP contribution is -2.49. The summed E-state index contributed by atoms with van der Waals surface area (Å²) in [6, 6.07) is 10.3. The highest BCUT2D eigenvalue weighted by Crippen LogP contribution is 2.60. The summed E-state index contributed by atoms with van der Waals surface area (Å²) in [6.45, 7) is 0.412. The van der Waals surface area contributed by atoms with Gasteiger partial charge in [0.05, 0.1) is 0 Å². The van der Waals surface area contributed by atoms with Gasteiger partial charge in [0.2, 0.25) is 0 Å². The molecule has 0 radical (unpaired) electrons. The first-order chi connectivity index (χ1) is 14.6. The Morgan fingerprint density at radius 3 is 2.50 bits per heavy atom. The normalized spacial score (nSPS) is 31.4. The number of furan rings is 1. The second-order valence-electron chi connectivity index (χ2n) is 10.3. The van der Waals surface area contributed by atoms with E-state index in [4.69, 9.17) is 9.15 Å². The molecular weight excluding hydrogens is 372 g/mol. The number of rotatable bonds is 6. The van der Waals surface area contributed by atoms with Gasteiger partial charge < -0.3 is 9.15 Å². The fraction of sp³-hybridized carbons (Fsp3) is 0.519. The number of allylic oxidation sites excluding steroid dienone is 1. The zero-order valence-electron chi connectivity index (χ0n) is 17.6. The van der Waals surface area contributed by atoms with Crippen LogP contribution in [0.25, 0.3) is 6.08 Å². The Balaban J connectivity index is 1.09. The molecule has 1 aromatic heterocycles. The summed E-state index contributed by atoms with van der Waals surface area (Å²) in [7, 11) is 0. The predicted octanol–water partition coefficient (Wildman–Crippen LogP) is 6.15. The second kappa shape index (κ2) is 7.14. The molecule has 0 spiro atoms. The number of hydrogen-bond donors (Lipinski definition) is 0. The lowest BCUT2D eigenvalue weighted by molar-refractivity contribution is -0.138. The van der Waals surface area contributed by atoms with E-state index in [1.807, 2.05) is 18.2 Å². The van der Waals surface area contributed by atoms with Crippen LogP contribution in [0.1, 0.15) is 67.6 Å². The maximum absolute atomic E-state index is 13.1. The molecule has 0 N–H and O–H groups in total. The molecule has 4 saturated carbocycles. The van der Waals surface area contributed by atoms with Gasteiger partial charge in [0, 0.05) is 5.41 Å². The third-order valence-electron chi connectivity index (χ3n) is 8.09. The summed E-state index contributed by atoms with van der Waals surface area (Å²) in [5, 5.41) is 0. The highest BCUT2D eigenvalue weighted by atomic mass is 16.5. The monoisotopic (exact) mass is 402 g/mol. The van der Waals surface area contributed by atoms with Crippen LogP contribution >= 0.6 is 0 Å². The molecule has 1 aromatic carbocycles. The smallest absolute Gasteiger partial charge is 0.161 e. The summed E-state index contributed by atoms with van der Waals surface area (Å²) < 4.78 is 11.8. The Morgan fingerprint density at radius 1 is 1.00 bits per heavy atom. The number of ketones is 1. The molecule has 0 atom stereocenters. The van der Waals surface area contributed by atoms with Crippen molar-refractivity contribution in [3.8, 4) is 5.75 Å². The Morgan fingerprint density at radius 2 is 1.73 bits per heavy atom. The first kappa shape index (κ1) is 18.5. The van der Waals surface area contributed by atoms with Gasteiger partial charge in [-0.3, -0.25) is 4.79 Å². The number of ether oxygens (including phenoxy) is 1. The average molecular weight is 403 g/mol. The predicted molar refractivity (Wildman–Crippen MR) is 116 cm³/mol. The Bertz CT molecular complexity index is 960. The molecule has 0 amide bonds. The van der Waals surface area contributed by atoms with Crippen LogP contribution in [-0.2, 0) is 24.2 Å². The molecule has 156 valence electrons. The van der Waals surface area contributed by atoms with Crippen molar-refractivity contribution >= 4 is 11.9 Å². The topological polar surface area (TPSA) is 39.4 Å². The van der Waals surface area contributed by atoms with Gasteiger partial charge in [0.25, 0.3) is 0 Å². The van der Waals surface area contributed by atoms with Crippen molar-refractivity contribution in [1.29, 1.82) is 0 Å². The Kier molecular flexibility index (Phi) is 4.40. The van der Waals surface area contributed by atoms with Crippen LogP contribution in [0.5, 0.6) is 5.75 Å². The third kappa shape index (κ3) is 3.33. The molecule has 3 heteroatoms. The van der Waals surface area contributed by atoms with E-state index in [1.54, 1.807) is 6.08 Å². The molecule has 3 nitrogen and oxygen atoms in total. The fourth-order valence-electron chi connectivity index (χ4n) is 7.10. The van der Waals surface area contributed by atoms with E-state index in [1.165, 1.54) is 43.2 Å². The van der Waals surface area contributed by atoms with Gasteiger partial charge in [-0.1, -0.05) is 6.07 Å². The summed E-state index contributed by atoms with van der Waals surface area (Å²) in [4.78, 5) is 13.1. The van der Waals surface area contributed by atoms with Crippen molar-refractivity contribution in [1.82, 2.24) is 0 Å². The van der Waals surface area contributed by atoms with Crippen molar-refractivity contribution in [3.05, 3.63) is 59.1 Å². The highest BCUT2D eigenvalue weighted by Gasteiger charge is 2.53. The van der Waals surface area contributed by atoms with Crippen LogP contribution < -0.4 is 4.74 Å². The first-order valence-corrected chi connectivity index (χ1v) is 11.7. The molecule has 30 heavy (non-hydrogen) atoms. The van der Waals surface area contributed by atoms with E-state index >= 15 is 0 Å². The molecule has 0 aliphatic heterocycles. The van der Waals surface area contributed by atoms with E-state index < -0.39 is 0 Å². The van der Waals surface area contributed by atoms with Gasteiger partial charge in [0.15, 0.2) is 5.78 Å². The van der Waals surface area contributed by atoms with E-state index in [0.29, 0.717) is 12.4 Å². The van der Waals surface area contributed by atoms with Crippen LogP contribution in [0.3, 0.4) is 0 Å². The van der Waals surface area contributed by atoms with Gasteiger partial charge in [-0.25, -0.2) is 0 Å². The molecule has 4 fully saturated rings. The first-order valence-electron chi connectivity index (χ1n) is 11.7. The van der Waals surface area contributed by atoms with Crippen molar-refractivity contribution in [2.24, 2.45) is 23.2 Å². The van der Waals surface area contributed by atoms with E-state index in [-0.39, 0.29) is 5.41 Å². The Labute approximate surface area is 178 Å². The minimum absolute atomic E-state index is 0.0721. The van der Waals surface area contributed by atoms with E-state index in [9.17, 15) is 4.79 Å². The standard InChI is InChI=1S/C27H30O3/c28-26(27-14-18-10-19(15-27)12-20(11-18)16-27)9-8-23-6-7-25(30-23)17-29-24-5-4-21-2-1-3-22(21)13-24/h4-9,13,18-20H,1-3,10-12,14-17H2/b9-8+. The fourth-order valence-corrected chi connectivity index (χ4v) is 7.10. The van der Waals surface area contributed by atoms with Crippen LogP contribution in [0, 0.1) is 23.2 Å². The molecule has 4 bridgehead atoms. The molecular formula is C27H30O3. The van der Waals surface area contributed by atoms with Crippen molar-refractivity contribution in [2.75, 3.05) is 0 Å². The molecule has 2 aromatic rings. The summed E-state index contributed by atoms with van der Waals surface area (Å²) in [5.41, 5.74) is 2.80. The number of fused-ring (bicyclic) bond motifs is 1. The minimum Gasteiger partial charge on any atom is -0.486 e. The van der Waals surface area contributed by atoms with Crippen molar-refractivity contribution in [3.63, 3.8) is 0 Å². The van der Waals surface area contributed by atoms with Gasteiger partial charge in [-0.2, -0.15) is 0 Å². The van der Waals surface area contributed by atoms with E-state index in [2.05, 4.69) is 18.2 Å². The van der Waals surface area contributed by atoms with Crippen molar-refractivity contribution < 1.29 is 13.9 Å². The third-order valence-corrected chi connectivity index (χ3v) is 8.09. The quantitative estimate of drug-likeness (QED) is 0.544. The van der Waals surface area contributed by atoms with Crippen molar-refractivity contribution in [2.45, 2.75) is 64.4 Å². The van der Waals surface area contributed by atoms with Crippen LogP contribution in [0.4, 0.5) is 0 Å². The summed E-state index contributed by atoms with van der Waals surface area (Å²) >= 11 is 0. The van der Waals surface area contributed by atoms with Crippen LogP contribution in [0.15, 0.2) is 40.8 Å². The number of carbonyl (C=O) groups excluding carboxylic acids is 1. The molecule has 0 unspecified atom stereocenters. The number of aryl methyl sites for hydroxylation is 2. The largest absolute Gasteiger partial charge is 0.486 e. The molecule has 5 aliphatic rings.